The van der Waals surface area contributed by atoms with Crippen LogP contribution in [0.2, 0.25) is 0 Å². The Morgan fingerprint density at radius 1 is 1.32 bits per heavy atom. The molecule has 1 aromatic carbocycles. The zero-order chi connectivity index (χ0) is 14.1. The van der Waals surface area contributed by atoms with Crippen molar-refractivity contribution in [2.45, 2.75) is 0 Å². The normalized spacial score (nSPS) is 10.0. The molecule has 104 valence electrons. The Morgan fingerprint density at radius 2 is 2.11 bits per heavy atom. The molecule has 0 heterocycles. The minimum Gasteiger partial charge on any atom is -0.370 e. The molecule has 0 saturated heterocycles. The first-order valence-corrected chi connectivity index (χ1v) is 6.39. The SMILES string of the molecule is NCCOCC(=O)NCC(=O)Nc1cccc(P)c1. The number of hydrogen-bond donors (Lipinski definition) is 3. The summed E-state index contributed by atoms with van der Waals surface area (Å²) < 4.78 is 4.94. The van der Waals surface area contributed by atoms with Gasteiger partial charge >= 0.3 is 0 Å². The fourth-order valence-electron chi connectivity index (χ4n) is 1.30. The summed E-state index contributed by atoms with van der Waals surface area (Å²) in [5, 5.41) is 6.10. The quantitative estimate of drug-likeness (QED) is 0.452. The standard InChI is InChI=1S/C12H18N3O3P/c13-4-5-18-8-12(17)14-7-11(16)15-9-2-1-3-10(19)6-9/h1-3,6H,4-5,7-8,13,19H2,(H,14,17)(H,15,16). The van der Waals surface area contributed by atoms with Crippen LogP contribution in [0.1, 0.15) is 0 Å². The fourth-order valence-corrected chi connectivity index (χ4v) is 1.59. The van der Waals surface area contributed by atoms with Crippen LogP contribution in [0.15, 0.2) is 24.3 Å². The minimum atomic E-state index is -0.344. The highest BCUT2D eigenvalue weighted by atomic mass is 31.0. The lowest BCUT2D eigenvalue weighted by atomic mass is 10.3. The number of nitrogens with two attached hydrogens (primary N) is 1. The van der Waals surface area contributed by atoms with E-state index in [4.69, 9.17) is 10.5 Å². The van der Waals surface area contributed by atoms with Crippen LogP contribution in [0.25, 0.3) is 0 Å². The average molecular weight is 283 g/mol. The highest BCUT2D eigenvalue weighted by Gasteiger charge is 2.05. The van der Waals surface area contributed by atoms with Gasteiger partial charge in [0.2, 0.25) is 11.8 Å². The third-order valence-corrected chi connectivity index (χ3v) is 2.47. The van der Waals surface area contributed by atoms with Crippen molar-refractivity contribution in [1.82, 2.24) is 5.32 Å². The predicted octanol–water partition coefficient (Wildman–Crippen LogP) is -0.783. The molecule has 1 aromatic rings. The van der Waals surface area contributed by atoms with Crippen molar-refractivity contribution in [3.05, 3.63) is 24.3 Å². The van der Waals surface area contributed by atoms with Crippen LogP contribution in [0.3, 0.4) is 0 Å². The summed E-state index contributed by atoms with van der Waals surface area (Å²) >= 11 is 0. The van der Waals surface area contributed by atoms with Crippen molar-refractivity contribution < 1.29 is 14.3 Å². The van der Waals surface area contributed by atoms with Crippen LogP contribution in [0.4, 0.5) is 5.69 Å². The molecule has 0 aliphatic heterocycles. The van der Waals surface area contributed by atoms with Gasteiger partial charge in [0.1, 0.15) is 6.61 Å². The van der Waals surface area contributed by atoms with Gasteiger partial charge in [-0.05, 0) is 17.4 Å². The number of carbonyl (C=O) groups excluding carboxylic acids is 2. The summed E-state index contributed by atoms with van der Waals surface area (Å²) in [7, 11) is 2.54. The Kier molecular flexibility index (Phi) is 7.03. The Morgan fingerprint density at radius 3 is 2.79 bits per heavy atom. The van der Waals surface area contributed by atoms with Gasteiger partial charge in [-0.25, -0.2) is 0 Å². The van der Waals surface area contributed by atoms with E-state index in [0.29, 0.717) is 18.8 Å². The van der Waals surface area contributed by atoms with Crippen molar-refractivity contribution in [2.75, 3.05) is 31.6 Å². The van der Waals surface area contributed by atoms with E-state index >= 15 is 0 Å². The van der Waals surface area contributed by atoms with Gasteiger partial charge < -0.3 is 21.1 Å². The van der Waals surface area contributed by atoms with Crippen LogP contribution in [0, 0.1) is 0 Å². The lowest BCUT2D eigenvalue weighted by Gasteiger charge is -2.07. The van der Waals surface area contributed by atoms with Crippen molar-refractivity contribution in [1.29, 1.82) is 0 Å². The second kappa shape index (κ2) is 8.58. The maximum absolute atomic E-state index is 11.6. The number of anilines is 1. The molecule has 1 rings (SSSR count). The van der Waals surface area contributed by atoms with Crippen molar-refractivity contribution in [3.63, 3.8) is 0 Å². The molecule has 0 aliphatic carbocycles. The summed E-state index contributed by atoms with van der Waals surface area (Å²) in [6.45, 7) is 0.497. The third-order valence-electron chi connectivity index (χ3n) is 2.11. The highest BCUT2D eigenvalue weighted by molar-refractivity contribution is 7.27. The molecular formula is C12H18N3O3P. The Bertz CT molecular complexity index is 440. The average Bonchev–Trinajstić information content (AvgIpc) is 2.37. The van der Waals surface area contributed by atoms with E-state index in [2.05, 4.69) is 19.9 Å². The van der Waals surface area contributed by atoms with Gasteiger partial charge in [0.05, 0.1) is 13.2 Å². The highest BCUT2D eigenvalue weighted by Crippen LogP contribution is 2.05. The smallest absolute Gasteiger partial charge is 0.246 e. The molecule has 1 unspecified atom stereocenters. The molecule has 19 heavy (non-hydrogen) atoms. The van der Waals surface area contributed by atoms with E-state index in [0.717, 1.165) is 5.30 Å². The fraction of sp³-hybridized carbons (Fsp3) is 0.333. The molecule has 1 atom stereocenters. The summed E-state index contributed by atoms with van der Waals surface area (Å²) in [5.41, 5.74) is 5.90. The van der Waals surface area contributed by atoms with E-state index in [1.54, 1.807) is 6.07 Å². The molecule has 0 spiro atoms. The Labute approximate surface area is 114 Å². The first kappa shape index (κ1) is 15.6. The maximum Gasteiger partial charge on any atom is 0.246 e. The van der Waals surface area contributed by atoms with Crippen LogP contribution in [-0.2, 0) is 14.3 Å². The van der Waals surface area contributed by atoms with Crippen LogP contribution in [-0.4, -0.2) is 38.1 Å². The third kappa shape index (κ3) is 6.86. The number of hydrogen-bond acceptors (Lipinski definition) is 4. The minimum absolute atomic E-state index is 0.0914. The van der Waals surface area contributed by atoms with Crippen LogP contribution < -0.4 is 21.7 Å². The number of carbonyl (C=O) groups is 2. The summed E-state index contributed by atoms with van der Waals surface area (Å²) in [6, 6.07) is 7.32. The molecule has 7 heteroatoms. The maximum atomic E-state index is 11.6. The summed E-state index contributed by atoms with van der Waals surface area (Å²) in [4.78, 5) is 22.8. The van der Waals surface area contributed by atoms with E-state index in [1.165, 1.54) is 0 Å². The molecule has 2 amide bonds. The van der Waals surface area contributed by atoms with Gasteiger partial charge in [-0.2, -0.15) is 0 Å². The van der Waals surface area contributed by atoms with E-state index in [9.17, 15) is 9.59 Å². The number of ether oxygens (including phenoxy) is 1. The van der Waals surface area contributed by atoms with Crippen LogP contribution >= 0.6 is 9.24 Å². The van der Waals surface area contributed by atoms with Crippen molar-refractivity contribution in [2.24, 2.45) is 5.73 Å². The summed E-state index contributed by atoms with van der Waals surface area (Å²) in [5.74, 6) is -0.633. The van der Waals surface area contributed by atoms with Gasteiger partial charge in [0.25, 0.3) is 0 Å². The second-order valence-electron chi connectivity index (χ2n) is 3.79. The Balaban J connectivity index is 2.26. The van der Waals surface area contributed by atoms with Crippen molar-refractivity contribution >= 4 is 32.0 Å². The second-order valence-corrected chi connectivity index (χ2v) is 4.46. The monoisotopic (exact) mass is 283 g/mol. The zero-order valence-corrected chi connectivity index (χ0v) is 11.7. The van der Waals surface area contributed by atoms with Gasteiger partial charge in [-0.15, -0.1) is 9.24 Å². The van der Waals surface area contributed by atoms with Crippen molar-refractivity contribution in [3.8, 4) is 0 Å². The topological polar surface area (TPSA) is 93.4 Å². The molecule has 6 nitrogen and oxygen atoms in total. The number of nitrogens with one attached hydrogen (secondary N) is 2. The zero-order valence-electron chi connectivity index (χ0n) is 10.5. The molecule has 0 saturated carbocycles. The van der Waals surface area contributed by atoms with Gasteiger partial charge in [0.15, 0.2) is 0 Å². The number of amides is 2. The molecule has 0 bridgehead atoms. The lowest BCUT2D eigenvalue weighted by molar-refractivity contribution is -0.127. The van der Waals surface area contributed by atoms with E-state index in [1.807, 2.05) is 18.2 Å². The van der Waals surface area contributed by atoms with E-state index < -0.39 is 0 Å². The first-order chi connectivity index (χ1) is 9.11. The van der Waals surface area contributed by atoms with E-state index in [-0.39, 0.29) is 25.0 Å². The molecule has 0 aromatic heterocycles. The Hall–Kier alpha value is -1.49. The molecule has 0 radical (unpaired) electrons. The predicted molar refractivity (Wildman–Crippen MR) is 77.3 cm³/mol. The van der Waals surface area contributed by atoms with Gasteiger partial charge in [-0.3, -0.25) is 9.59 Å². The number of rotatable bonds is 7. The number of benzene rings is 1. The van der Waals surface area contributed by atoms with Gasteiger partial charge in [0, 0.05) is 12.2 Å². The molecule has 4 N–H and O–H groups in total. The van der Waals surface area contributed by atoms with Gasteiger partial charge in [-0.1, -0.05) is 12.1 Å². The molecular weight excluding hydrogens is 265 g/mol. The summed E-state index contributed by atoms with van der Waals surface area (Å²) in [6.07, 6.45) is 0. The van der Waals surface area contributed by atoms with Crippen LogP contribution in [0.5, 0.6) is 0 Å². The molecule has 0 aliphatic rings. The molecule has 0 fully saturated rings. The first-order valence-electron chi connectivity index (χ1n) is 5.81. The largest absolute Gasteiger partial charge is 0.370 e. The lowest BCUT2D eigenvalue weighted by Crippen LogP contribution is -2.35.